The number of amides is 1. The van der Waals surface area contributed by atoms with Gasteiger partial charge in [0.2, 0.25) is 0 Å². The molecule has 1 heterocycles. The zero-order valence-corrected chi connectivity index (χ0v) is 15.9. The van der Waals surface area contributed by atoms with E-state index in [2.05, 4.69) is 13.2 Å². The number of likely N-dealkylation sites (tertiary alicyclic amines) is 1. The van der Waals surface area contributed by atoms with Crippen LogP contribution in [-0.2, 0) is 6.61 Å². The molecule has 4 nitrogen and oxygen atoms in total. The number of benzene rings is 2. The van der Waals surface area contributed by atoms with Crippen LogP contribution in [0.2, 0.25) is 0 Å². The van der Waals surface area contributed by atoms with Gasteiger partial charge in [-0.05, 0) is 36.6 Å². The van der Waals surface area contributed by atoms with Crippen molar-refractivity contribution in [2.24, 2.45) is 0 Å². The van der Waals surface area contributed by atoms with E-state index in [1.54, 1.807) is 19.3 Å². The number of hydrogen-bond acceptors (Lipinski definition) is 3. The van der Waals surface area contributed by atoms with Crippen LogP contribution in [0.4, 0.5) is 0 Å². The van der Waals surface area contributed by atoms with Crippen molar-refractivity contribution >= 4 is 5.91 Å². The quantitative estimate of drug-likeness (QED) is 0.707. The molecule has 1 aliphatic rings. The average Bonchev–Trinajstić information content (AvgIpc) is 3.07. The van der Waals surface area contributed by atoms with Gasteiger partial charge in [0.1, 0.15) is 6.61 Å². The molecule has 3 rings (SSSR count). The van der Waals surface area contributed by atoms with Crippen molar-refractivity contribution in [1.82, 2.24) is 4.90 Å². The standard InChI is InChI=1S/C23H25NO3/c1-5-19-11-16(2)14-24(19)23(25)20-13-21(26-4)22(12-17(20)3)27-15-18-9-7-6-8-10-18/h5-10,12-13,19H,1-2,11,14-15H2,3-4H3. The Bertz CT molecular complexity index is 857. The zero-order chi connectivity index (χ0) is 19.4. The normalized spacial score (nSPS) is 16.3. The van der Waals surface area contributed by atoms with E-state index in [0.29, 0.717) is 30.2 Å². The molecule has 1 aliphatic heterocycles. The molecule has 0 radical (unpaired) electrons. The third-order valence-electron chi connectivity index (χ3n) is 4.80. The van der Waals surface area contributed by atoms with Crippen molar-refractivity contribution in [3.05, 3.63) is 84.0 Å². The molecule has 2 aromatic carbocycles. The van der Waals surface area contributed by atoms with E-state index in [0.717, 1.165) is 23.1 Å². The SMILES string of the molecule is C=CC1CC(=C)CN1C(=O)c1cc(OC)c(OCc2ccccc2)cc1C. The van der Waals surface area contributed by atoms with Crippen LogP contribution in [0.1, 0.15) is 27.9 Å². The largest absolute Gasteiger partial charge is 0.493 e. The Balaban J connectivity index is 1.84. The van der Waals surface area contributed by atoms with Gasteiger partial charge in [-0.15, -0.1) is 6.58 Å². The molecule has 1 fully saturated rings. The Labute approximate surface area is 160 Å². The Morgan fingerprint density at radius 1 is 1.26 bits per heavy atom. The summed E-state index contributed by atoms with van der Waals surface area (Å²) in [4.78, 5) is 14.9. The summed E-state index contributed by atoms with van der Waals surface area (Å²) in [5.41, 5.74) is 3.58. The molecule has 140 valence electrons. The van der Waals surface area contributed by atoms with Crippen LogP contribution >= 0.6 is 0 Å². The van der Waals surface area contributed by atoms with Gasteiger partial charge in [0.25, 0.3) is 5.91 Å². The number of carbonyl (C=O) groups excluding carboxylic acids is 1. The number of methoxy groups -OCH3 is 1. The Kier molecular flexibility index (Phi) is 5.65. The van der Waals surface area contributed by atoms with Crippen molar-refractivity contribution in [3.63, 3.8) is 0 Å². The molecule has 4 heteroatoms. The fourth-order valence-electron chi connectivity index (χ4n) is 3.32. The maximum absolute atomic E-state index is 13.1. The summed E-state index contributed by atoms with van der Waals surface area (Å²) < 4.78 is 11.4. The van der Waals surface area contributed by atoms with Gasteiger partial charge in [-0.1, -0.05) is 48.6 Å². The number of carbonyl (C=O) groups is 1. The molecule has 1 atom stereocenters. The second-order valence-corrected chi connectivity index (χ2v) is 6.78. The lowest BCUT2D eigenvalue weighted by Gasteiger charge is -2.23. The van der Waals surface area contributed by atoms with Crippen LogP contribution in [0.15, 0.2) is 67.3 Å². The summed E-state index contributed by atoms with van der Waals surface area (Å²) in [6, 6.07) is 13.6. The third-order valence-corrected chi connectivity index (χ3v) is 4.80. The van der Waals surface area contributed by atoms with Gasteiger partial charge in [0, 0.05) is 12.1 Å². The van der Waals surface area contributed by atoms with Crippen LogP contribution in [0.25, 0.3) is 0 Å². The first-order valence-corrected chi connectivity index (χ1v) is 8.99. The highest BCUT2D eigenvalue weighted by Gasteiger charge is 2.30. The average molecular weight is 363 g/mol. The molecule has 1 amide bonds. The molecule has 0 saturated carbocycles. The number of aryl methyl sites for hydroxylation is 1. The maximum atomic E-state index is 13.1. The van der Waals surface area contributed by atoms with Crippen molar-refractivity contribution < 1.29 is 14.3 Å². The molecular weight excluding hydrogens is 338 g/mol. The highest BCUT2D eigenvalue weighted by atomic mass is 16.5. The van der Waals surface area contributed by atoms with Crippen LogP contribution in [0, 0.1) is 6.92 Å². The molecule has 27 heavy (non-hydrogen) atoms. The second kappa shape index (κ2) is 8.12. The highest BCUT2D eigenvalue weighted by Crippen LogP contribution is 2.33. The second-order valence-electron chi connectivity index (χ2n) is 6.78. The number of ether oxygens (including phenoxy) is 2. The lowest BCUT2D eigenvalue weighted by atomic mass is 10.1. The maximum Gasteiger partial charge on any atom is 0.255 e. The predicted molar refractivity (Wildman–Crippen MR) is 107 cm³/mol. The summed E-state index contributed by atoms with van der Waals surface area (Å²) in [6.45, 7) is 10.8. The fourth-order valence-corrected chi connectivity index (χ4v) is 3.32. The number of nitrogens with zero attached hydrogens (tertiary/aromatic N) is 1. The third kappa shape index (κ3) is 4.05. The number of rotatable bonds is 6. The van der Waals surface area contributed by atoms with E-state index in [1.807, 2.05) is 48.2 Å². The van der Waals surface area contributed by atoms with Gasteiger partial charge in [0.15, 0.2) is 11.5 Å². The van der Waals surface area contributed by atoms with Crippen LogP contribution in [-0.4, -0.2) is 30.5 Å². The topological polar surface area (TPSA) is 38.8 Å². The zero-order valence-electron chi connectivity index (χ0n) is 15.9. The minimum atomic E-state index is -0.0380. The Morgan fingerprint density at radius 3 is 2.67 bits per heavy atom. The van der Waals surface area contributed by atoms with Crippen LogP contribution in [0.3, 0.4) is 0 Å². The molecule has 0 aliphatic carbocycles. The molecular formula is C23H25NO3. The number of hydrogen-bond donors (Lipinski definition) is 0. The monoisotopic (exact) mass is 363 g/mol. The molecule has 2 aromatic rings. The molecule has 0 spiro atoms. The van der Waals surface area contributed by atoms with Crippen molar-refractivity contribution in [1.29, 1.82) is 0 Å². The molecule has 1 unspecified atom stereocenters. The minimum absolute atomic E-state index is 0.00981. The summed E-state index contributed by atoms with van der Waals surface area (Å²) in [5, 5.41) is 0. The van der Waals surface area contributed by atoms with Gasteiger partial charge in [-0.2, -0.15) is 0 Å². The van der Waals surface area contributed by atoms with Gasteiger partial charge >= 0.3 is 0 Å². The smallest absolute Gasteiger partial charge is 0.255 e. The van der Waals surface area contributed by atoms with E-state index in [9.17, 15) is 4.79 Å². The van der Waals surface area contributed by atoms with E-state index in [1.165, 1.54) is 0 Å². The summed E-state index contributed by atoms with van der Waals surface area (Å²) in [7, 11) is 1.58. The van der Waals surface area contributed by atoms with Gasteiger partial charge < -0.3 is 14.4 Å². The first kappa shape index (κ1) is 18.8. The van der Waals surface area contributed by atoms with Gasteiger partial charge in [0.05, 0.1) is 13.2 Å². The first-order chi connectivity index (χ1) is 13.0. The van der Waals surface area contributed by atoms with Crippen molar-refractivity contribution in [2.45, 2.75) is 26.0 Å². The lowest BCUT2D eigenvalue weighted by Crippen LogP contribution is -2.34. The van der Waals surface area contributed by atoms with Crippen molar-refractivity contribution in [2.75, 3.05) is 13.7 Å². The summed E-state index contributed by atoms with van der Waals surface area (Å²) in [6.07, 6.45) is 2.57. The summed E-state index contributed by atoms with van der Waals surface area (Å²) in [5.74, 6) is 1.14. The van der Waals surface area contributed by atoms with Crippen molar-refractivity contribution in [3.8, 4) is 11.5 Å². The van der Waals surface area contributed by atoms with Gasteiger partial charge in [-0.25, -0.2) is 0 Å². The fraction of sp³-hybridized carbons (Fsp3) is 0.261. The van der Waals surface area contributed by atoms with E-state index in [-0.39, 0.29) is 11.9 Å². The molecule has 1 saturated heterocycles. The van der Waals surface area contributed by atoms with E-state index < -0.39 is 0 Å². The van der Waals surface area contributed by atoms with Crippen LogP contribution < -0.4 is 9.47 Å². The van der Waals surface area contributed by atoms with E-state index >= 15 is 0 Å². The predicted octanol–water partition coefficient (Wildman–Crippen LogP) is 4.54. The lowest BCUT2D eigenvalue weighted by molar-refractivity contribution is 0.0763. The molecule has 0 N–H and O–H groups in total. The van der Waals surface area contributed by atoms with E-state index in [4.69, 9.17) is 9.47 Å². The molecule has 0 bridgehead atoms. The summed E-state index contributed by atoms with van der Waals surface area (Å²) >= 11 is 0. The Hall–Kier alpha value is -3.01. The minimum Gasteiger partial charge on any atom is -0.493 e. The highest BCUT2D eigenvalue weighted by molar-refractivity contribution is 5.97. The van der Waals surface area contributed by atoms with Crippen LogP contribution in [0.5, 0.6) is 11.5 Å². The Morgan fingerprint density at radius 2 is 2.00 bits per heavy atom. The first-order valence-electron chi connectivity index (χ1n) is 8.99. The molecule has 0 aromatic heterocycles. The van der Waals surface area contributed by atoms with Gasteiger partial charge in [-0.3, -0.25) is 4.79 Å².